The summed E-state index contributed by atoms with van der Waals surface area (Å²) in [7, 11) is -7.61. The summed E-state index contributed by atoms with van der Waals surface area (Å²) in [5.41, 5.74) is 7.03. The lowest BCUT2D eigenvalue weighted by Gasteiger charge is -2.19. The minimum absolute atomic E-state index is 0.0406. The smallest absolute Gasteiger partial charge is 0.207 e. The van der Waals surface area contributed by atoms with Crippen molar-refractivity contribution in [3.8, 4) is 11.8 Å². The lowest BCUT2D eigenvalue weighted by atomic mass is 10.2. The van der Waals surface area contributed by atoms with E-state index in [0.717, 1.165) is 11.1 Å². The van der Waals surface area contributed by atoms with Crippen molar-refractivity contribution < 1.29 is 16.8 Å². The normalized spacial score (nSPS) is 11.3. The Kier molecular flexibility index (Phi) is 9.85. The maximum absolute atomic E-state index is 13.1. The van der Waals surface area contributed by atoms with Gasteiger partial charge in [-0.05, 0) is 50.3 Å². The molecule has 0 aliphatic heterocycles. The van der Waals surface area contributed by atoms with Crippen molar-refractivity contribution in [1.82, 2.24) is 8.61 Å². The first-order chi connectivity index (χ1) is 16.1. The van der Waals surface area contributed by atoms with Crippen LogP contribution in [-0.2, 0) is 20.0 Å². The molecule has 0 amide bonds. The van der Waals surface area contributed by atoms with Gasteiger partial charge in [-0.2, -0.15) is 8.61 Å². The van der Waals surface area contributed by atoms with Gasteiger partial charge in [0.1, 0.15) is 0 Å². The average Bonchev–Trinajstić information content (AvgIpc) is 2.80. The van der Waals surface area contributed by atoms with Gasteiger partial charge in [-0.25, -0.2) is 16.8 Å². The Hall–Kier alpha value is -3.14. The second-order valence-corrected chi connectivity index (χ2v) is 11.3. The molecular weight excluding hydrogens is 468 g/mol. The van der Waals surface area contributed by atoms with Crippen LogP contribution in [0.4, 0.5) is 0 Å². The zero-order valence-electron chi connectivity index (χ0n) is 19.4. The largest absolute Gasteiger partial charge is 0.244 e. The molecule has 0 heterocycles. The van der Waals surface area contributed by atoms with Gasteiger partial charge in [0, 0.05) is 13.1 Å². The summed E-state index contributed by atoms with van der Waals surface area (Å²) >= 11 is 0. The number of nitrogens with zero attached hydrogens (tertiary/aromatic N) is 2. The lowest BCUT2D eigenvalue weighted by Crippen LogP contribution is -2.33. The van der Waals surface area contributed by atoms with E-state index in [1.54, 1.807) is 48.5 Å². The molecule has 2 rings (SSSR count). The summed E-state index contributed by atoms with van der Waals surface area (Å²) in [4.78, 5) is 0.300. The Balaban J connectivity index is 2.26. The van der Waals surface area contributed by atoms with Crippen LogP contribution in [0.15, 0.2) is 95.1 Å². The van der Waals surface area contributed by atoms with E-state index >= 15 is 0 Å². The van der Waals surface area contributed by atoms with Crippen molar-refractivity contribution in [1.29, 1.82) is 0 Å². The highest BCUT2D eigenvalue weighted by molar-refractivity contribution is 7.89. The molecule has 0 spiro atoms. The van der Waals surface area contributed by atoms with Crippen LogP contribution in [0.5, 0.6) is 0 Å². The molecule has 0 bridgehead atoms. The first kappa shape index (κ1) is 27.1. The van der Waals surface area contributed by atoms with Crippen LogP contribution < -0.4 is 0 Å². The number of hydrogen-bond acceptors (Lipinski definition) is 4. The number of benzene rings is 2. The molecule has 2 aromatic rings. The molecule has 0 aliphatic carbocycles. The number of sulfonamides is 2. The fraction of sp³-hybridized carbons (Fsp3) is 0.231. The molecule has 0 fully saturated rings. The molecule has 178 valence electrons. The van der Waals surface area contributed by atoms with Gasteiger partial charge in [-0.3, -0.25) is 0 Å². The third-order valence-electron chi connectivity index (χ3n) is 4.83. The van der Waals surface area contributed by atoms with Crippen LogP contribution in [-0.4, -0.2) is 51.6 Å². The highest BCUT2D eigenvalue weighted by Gasteiger charge is 2.24. The van der Waals surface area contributed by atoms with Gasteiger partial charge in [0.25, 0.3) is 0 Å². The Morgan fingerprint density at radius 1 is 0.676 bits per heavy atom. The highest BCUT2D eigenvalue weighted by atomic mass is 32.2. The summed E-state index contributed by atoms with van der Waals surface area (Å²) in [5, 5.41) is 0. The van der Waals surface area contributed by atoms with E-state index in [1.165, 1.54) is 20.8 Å². The zero-order chi connectivity index (χ0) is 25.2. The van der Waals surface area contributed by atoms with Crippen LogP contribution in [0.1, 0.15) is 11.1 Å². The molecule has 0 saturated carbocycles. The lowest BCUT2D eigenvalue weighted by molar-refractivity contribution is 0.473. The molecule has 6 nitrogen and oxygen atoms in total. The van der Waals surface area contributed by atoms with Crippen molar-refractivity contribution in [2.24, 2.45) is 0 Å². The first-order valence-electron chi connectivity index (χ1n) is 10.4. The van der Waals surface area contributed by atoms with Crippen molar-refractivity contribution in [2.75, 3.05) is 26.2 Å². The predicted octanol–water partition coefficient (Wildman–Crippen LogP) is 3.67. The minimum atomic E-state index is -3.80. The quantitative estimate of drug-likeness (QED) is 0.372. The summed E-state index contributed by atoms with van der Waals surface area (Å²) in [6.07, 6.45) is 2.99. The fourth-order valence-electron chi connectivity index (χ4n) is 2.83. The molecular formula is C26H28N2O4S2. The number of aryl methyl sites for hydroxylation is 2. The molecule has 0 aromatic heterocycles. The molecule has 2 aromatic carbocycles. The topological polar surface area (TPSA) is 74.8 Å². The highest BCUT2D eigenvalue weighted by Crippen LogP contribution is 2.17. The van der Waals surface area contributed by atoms with Gasteiger partial charge < -0.3 is 0 Å². The maximum atomic E-state index is 13.1. The Morgan fingerprint density at radius 2 is 1.00 bits per heavy atom. The van der Waals surface area contributed by atoms with Crippen LogP contribution >= 0.6 is 0 Å². The third-order valence-corrected chi connectivity index (χ3v) is 8.48. The maximum Gasteiger partial charge on any atom is 0.244 e. The number of hydrogen-bond donors (Lipinski definition) is 0. The van der Waals surface area contributed by atoms with E-state index < -0.39 is 20.0 Å². The van der Waals surface area contributed by atoms with Crippen molar-refractivity contribution in [3.63, 3.8) is 0 Å². The monoisotopic (exact) mass is 496 g/mol. The summed E-state index contributed by atoms with van der Waals surface area (Å²) in [6.45, 7) is 10.6. The first-order valence-corrected chi connectivity index (χ1v) is 13.3. The standard InChI is InChI=1S/C26H28N2O4S2/c1-5-7-19-27(33(29,30)25-15-11-23(3)12-16-25)21-9-10-22-28(20-8-6-2)34(31,32)26-17-13-24(4)14-18-26/h7-8,11-18H,1-2,19-22H2,3-4H3. The van der Waals surface area contributed by atoms with Gasteiger partial charge in [-0.1, -0.05) is 60.4 Å². The fourth-order valence-corrected chi connectivity index (χ4v) is 5.40. The van der Waals surface area contributed by atoms with E-state index in [0.29, 0.717) is 0 Å². The molecule has 8 heteroatoms. The second-order valence-electron chi connectivity index (χ2n) is 7.39. The second kappa shape index (κ2) is 12.4. The van der Waals surface area contributed by atoms with E-state index in [2.05, 4.69) is 36.5 Å². The van der Waals surface area contributed by atoms with Crippen LogP contribution in [0.2, 0.25) is 0 Å². The zero-order valence-corrected chi connectivity index (χ0v) is 21.0. The van der Waals surface area contributed by atoms with Crippen molar-refractivity contribution in [2.45, 2.75) is 23.6 Å². The van der Waals surface area contributed by atoms with Gasteiger partial charge >= 0.3 is 0 Å². The molecule has 34 heavy (non-hydrogen) atoms. The molecule has 0 aliphatic rings. The molecule has 0 N–H and O–H groups in total. The molecule has 0 atom stereocenters. The van der Waals surface area contributed by atoms with E-state index in [1.807, 2.05) is 13.8 Å². The van der Waals surface area contributed by atoms with E-state index in [9.17, 15) is 16.8 Å². The molecule has 0 unspecified atom stereocenters. The SMILES string of the molecule is C=C=CCN(CC#CCN(CC=C=C)S(=O)(=O)c1ccc(C)cc1)S(=O)(=O)c1ccc(C)cc1. The van der Waals surface area contributed by atoms with E-state index in [-0.39, 0.29) is 36.0 Å². The third kappa shape index (κ3) is 7.18. The van der Waals surface area contributed by atoms with Crippen molar-refractivity contribution >= 4 is 20.0 Å². The predicted molar refractivity (Wildman–Crippen MR) is 135 cm³/mol. The molecule has 0 saturated heterocycles. The Labute approximate surface area is 203 Å². The average molecular weight is 497 g/mol. The number of rotatable bonds is 10. The van der Waals surface area contributed by atoms with Gasteiger partial charge in [0.15, 0.2) is 0 Å². The van der Waals surface area contributed by atoms with E-state index in [4.69, 9.17) is 0 Å². The van der Waals surface area contributed by atoms with Gasteiger partial charge in [-0.15, -0.1) is 11.5 Å². The van der Waals surface area contributed by atoms with Gasteiger partial charge in [0.05, 0.1) is 22.9 Å². The Bertz CT molecular complexity index is 1250. The van der Waals surface area contributed by atoms with Crippen LogP contribution in [0.3, 0.4) is 0 Å². The van der Waals surface area contributed by atoms with Crippen molar-refractivity contribution in [3.05, 3.63) is 96.4 Å². The summed E-state index contributed by atoms with van der Waals surface area (Å²) in [5.74, 6) is 5.59. The van der Waals surface area contributed by atoms with Crippen LogP contribution in [0.25, 0.3) is 0 Å². The van der Waals surface area contributed by atoms with Gasteiger partial charge in [0.2, 0.25) is 20.0 Å². The summed E-state index contributed by atoms with van der Waals surface area (Å²) < 4.78 is 54.6. The van der Waals surface area contributed by atoms with Crippen LogP contribution in [0, 0.1) is 25.7 Å². The Morgan fingerprint density at radius 3 is 1.29 bits per heavy atom. The summed E-state index contributed by atoms with van der Waals surface area (Å²) in [6, 6.07) is 13.1. The molecule has 0 radical (unpaired) electrons. The minimum Gasteiger partial charge on any atom is -0.207 e.